The van der Waals surface area contributed by atoms with E-state index in [1.165, 1.54) is 6.42 Å². The van der Waals surface area contributed by atoms with Gasteiger partial charge in [-0.2, -0.15) is 0 Å². The fourth-order valence-corrected chi connectivity index (χ4v) is 5.13. The van der Waals surface area contributed by atoms with Crippen molar-refractivity contribution in [2.24, 2.45) is 5.92 Å². The fraction of sp³-hybridized carbons (Fsp3) is 0.481. The van der Waals surface area contributed by atoms with Crippen molar-refractivity contribution in [2.45, 2.75) is 38.6 Å². The predicted octanol–water partition coefficient (Wildman–Crippen LogP) is 4.18. The molecule has 33 heavy (non-hydrogen) atoms. The van der Waals surface area contributed by atoms with Gasteiger partial charge in [0.25, 0.3) is 5.91 Å². The van der Waals surface area contributed by atoms with Crippen molar-refractivity contribution in [3.63, 3.8) is 0 Å². The van der Waals surface area contributed by atoms with Gasteiger partial charge in [0.2, 0.25) is 0 Å². The molecule has 2 fully saturated rings. The summed E-state index contributed by atoms with van der Waals surface area (Å²) in [7, 11) is 0. The minimum atomic E-state index is 0.0378. The van der Waals surface area contributed by atoms with Crippen LogP contribution in [0.15, 0.2) is 42.5 Å². The van der Waals surface area contributed by atoms with Crippen molar-refractivity contribution < 1.29 is 19.1 Å². The largest absolute Gasteiger partial charge is 0.486 e. The normalized spacial score (nSPS) is 19.3. The maximum absolute atomic E-state index is 13.1. The third kappa shape index (κ3) is 5.06. The van der Waals surface area contributed by atoms with E-state index in [0.717, 1.165) is 69.5 Å². The minimum absolute atomic E-state index is 0.0378. The van der Waals surface area contributed by atoms with Crippen LogP contribution in [-0.4, -0.2) is 60.9 Å². The van der Waals surface area contributed by atoms with Gasteiger partial charge >= 0.3 is 0 Å². The average molecular weight is 449 g/mol. The van der Waals surface area contributed by atoms with Gasteiger partial charge in [-0.25, -0.2) is 0 Å². The third-order valence-electron chi connectivity index (χ3n) is 7.01. The van der Waals surface area contributed by atoms with Gasteiger partial charge in [-0.15, -0.1) is 0 Å². The Kier molecular flexibility index (Phi) is 6.63. The number of carbonyl (C=O) groups is 2. The second-order valence-corrected chi connectivity index (χ2v) is 9.33. The van der Waals surface area contributed by atoms with Crippen LogP contribution in [-0.2, 0) is 6.54 Å². The molecule has 2 saturated heterocycles. The zero-order valence-electron chi connectivity index (χ0n) is 19.1. The number of carbonyl (C=O) groups excluding carboxylic acids is 2. The Morgan fingerprint density at radius 2 is 1.58 bits per heavy atom. The lowest BCUT2D eigenvalue weighted by Gasteiger charge is -2.31. The number of Topliss-reactive ketones (excluding diaryl/α,β-unsaturated/α-hetero) is 1. The Hall–Kier alpha value is -2.86. The second-order valence-electron chi connectivity index (χ2n) is 9.33. The first kappa shape index (κ1) is 22.0. The maximum Gasteiger partial charge on any atom is 0.253 e. The summed E-state index contributed by atoms with van der Waals surface area (Å²) in [5.41, 5.74) is 2.66. The molecule has 0 bridgehead atoms. The topological polar surface area (TPSA) is 59.1 Å². The van der Waals surface area contributed by atoms with Crippen LogP contribution in [0, 0.1) is 5.92 Å². The van der Waals surface area contributed by atoms with E-state index in [1.807, 2.05) is 41.3 Å². The summed E-state index contributed by atoms with van der Waals surface area (Å²) in [5, 5.41) is 0. The quantitative estimate of drug-likeness (QED) is 0.643. The minimum Gasteiger partial charge on any atom is -0.486 e. The molecule has 3 aliphatic heterocycles. The number of benzene rings is 2. The zero-order chi connectivity index (χ0) is 22.6. The average Bonchev–Trinajstić information content (AvgIpc) is 2.88. The van der Waals surface area contributed by atoms with Gasteiger partial charge in [-0.1, -0.05) is 12.1 Å². The lowest BCUT2D eigenvalue weighted by Crippen LogP contribution is -2.36. The summed E-state index contributed by atoms with van der Waals surface area (Å²) < 4.78 is 11.2. The van der Waals surface area contributed by atoms with Crippen molar-refractivity contribution in [1.82, 2.24) is 9.80 Å². The van der Waals surface area contributed by atoms with Crippen LogP contribution in [0.4, 0.5) is 0 Å². The molecule has 0 saturated carbocycles. The maximum atomic E-state index is 13.1. The van der Waals surface area contributed by atoms with E-state index in [1.54, 1.807) is 0 Å². The highest BCUT2D eigenvalue weighted by Gasteiger charge is 2.27. The molecule has 1 amide bonds. The van der Waals surface area contributed by atoms with E-state index in [0.29, 0.717) is 30.3 Å². The molecule has 0 unspecified atom stereocenters. The number of likely N-dealkylation sites (tertiary alicyclic amines) is 2. The fourth-order valence-electron chi connectivity index (χ4n) is 5.13. The van der Waals surface area contributed by atoms with Crippen molar-refractivity contribution >= 4 is 11.7 Å². The molecule has 6 nitrogen and oxygen atoms in total. The lowest BCUT2D eigenvalue weighted by atomic mass is 9.88. The number of fused-ring (bicyclic) bond motifs is 1. The van der Waals surface area contributed by atoms with Crippen LogP contribution in [0.5, 0.6) is 11.5 Å². The van der Waals surface area contributed by atoms with E-state index in [2.05, 4.69) is 11.0 Å². The van der Waals surface area contributed by atoms with Crippen LogP contribution in [0.1, 0.15) is 58.4 Å². The van der Waals surface area contributed by atoms with Gasteiger partial charge in [0.15, 0.2) is 17.3 Å². The Labute approximate surface area is 195 Å². The SMILES string of the molecule is O=C(c1ccc2c(c1)OCCO2)C1CCN(Cc2cccc(C(=O)N3CCCCC3)c2)CC1. The molecule has 3 heterocycles. The number of ether oxygens (including phenoxy) is 2. The van der Waals surface area contributed by atoms with Gasteiger partial charge in [-0.05, 0) is 81.1 Å². The van der Waals surface area contributed by atoms with Crippen molar-refractivity contribution in [3.8, 4) is 11.5 Å². The van der Waals surface area contributed by atoms with E-state index in [-0.39, 0.29) is 17.6 Å². The van der Waals surface area contributed by atoms with Gasteiger partial charge in [0, 0.05) is 36.7 Å². The molecule has 0 aliphatic carbocycles. The van der Waals surface area contributed by atoms with Crippen LogP contribution in [0.3, 0.4) is 0 Å². The number of ketones is 1. The zero-order valence-corrected chi connectivity index (χ0v) is 19.1. The standard InChI is InChI=1S/C27H32N2O4/c30-26(22-7-8-24-25(18-22)33-16-15-32-24)21-9-13-28(14-10-21)19-20-5-4-6-23(17-20)27(31)29-11-2-1-3-12-29/h4-8,17-18,21H,1-3,9-16,19H2. The van der Waals surface area contributed by atoms with E-state index >= 15 is 0 Å². The predicted molar refractivity (Wildman–Crippen MR) is 126 cm³/mol. The van der Waals surface area contributed by atoms with Crippen molar-refractivity contribution in [1.29, 1.82) is 0 Å². The van der Waals surface area contributed by atoms with Crippen LogP contribution in [0.2, 0.25) is 0 Å². The molecule has 0 N–H and O–H groups in total. The first-order valence-corrected chi connectivity index (χ1v) is 12.2. The molecule has 3 aliphatic rings. The first-order chi connectivity index (χ1) is 16.2. The molecule has 0 radical (unpaired) electrons. The third-order valence-corrected chi connectivity index (χ3v) is 7.01. The van der Waals surface area contributed by atoms with Gasteiger partial charge in [-0.3, -0.25) is 14.5 Å². The number of rotatable bonds is 5. The van der Waals surface area contributed by atoms with Crippen molar-refractivity contribution in [2.75, 3.05) is 39.4 Å². The van der Waals surface area contributed by atoms with Gasteiger partial charge < -0.3 is 14.4 Å². The molecule has 0 spiro atoms. The summed E-state index contributed by atoms with van der Waals surface area (Å²) in [6, 6.07) is 13.6. The molecular weight excluding hydrogens is 416 g/mol. The van der Waals surface area contributed by atoms with E-state index in [4.69, 9.17) is 9.47 Å². The first-order valence-electron chi connectivity index (χ1n) is 12.2. The van der Waals surface area contributed by atoms with Gasteiger partial charge in [0.1, 0.15) is 13.2 Å². The highest BCUT2D eigenvalue weighted by atomic mass is 16.6. The van der Waals surface area contributed by atoms with E-state index in [9.17, 15) is 9.59 Å². The van der Waals surface area contributed by atoms with Crippen LogP contribution < -0.4 is 9.47 Å². The summed E-state index contributed by atoms with van der Waals surface area (Å²) >= 11 is 0. The molecule has 0 atom stereocenters. The Balaban J connectivity index is 1.16. The molecule has 0 aromatic heterocycles. The molecule has 2 aromatic rings. The highest BCUT2D eigenvalue weighted by Crippen LogP contribution is 2.32. The number of nitrogens with zero attached hydrogens (tertiary/aromatic N) is 2. The lowest BCUT2D eigenvalue weighted by molar-refractivity contribution is 0.0723. The number of piperidine rings is 2. The van der Waals surface area contributed by atoms with Crippen molar-refractivity contribution in [3.05, 3.63) is 59.2 Å². The van der Waals surface area contributed by atoms with E-state index < -0.39 is 0 Å². The molecule has 174 valence electrons. The van der Waals surface area contributed by atoms with Gasteiger partial charge in [0.05, 0.1) is 0 Å². The summed E-state index contributed by atoms with van der Waals surface area (Å²) in [6.07, 6.45) is 5.12. The molecular formula is C27H32N2O4. The Morgan fingerprint density at radius 1 is 0.818 bits per heavy atom. The molecule has 2 aromatic carbocycles. The summed E-state index contributed by atoms with van der Waals surface area (Å²) in [6.45, 7) is 5.38. The second kappa shape index (κ2) is 9.96. The molecule has 6 heteroatoms. The molecule has 5 rings (SSSR count). The van der Waals surface area contributed by atoms with Crippen LogP contribution in [0.25, 0.3) is 0 Å². The Bertz CT molecular complexity index is 1010. The smallest absolute Gasteiger partial charge is 0.253 e. The summed E-state index contributed by atoms with van der Waals surface area (Å²) in [5.74, 6) is 1.77. The van der Waals surface area contributed by atoms with Crippen LogP contribution >= 0.6 is 0 Å². The number of hydrogen-bond acceptors (Lipinski definition) is 5. The number of hydrogen-bond donors (Lipinski definition) is 0. The Morgan fingerprint density at radius 3 is 2.36 bits per heavy atom. The monoisotopic (exact) mass is 448 g/mol. The summed E-state index contributed by atoms with van der Waals surface area (Å²) in [4.78, 5) is 30.3. The number of amides is 1. The highest BCUT2D eigenvalue weighted by molar-refractivity contribution is 5.98.